The van der Waals surface area contributed by atoms with Crippen LogP contribution in [0.25, 0.3) is 0 Å². The first-order chi connectivity index (χ1) is 13.2. The van der Waals surface area contributed by atoms with E-state index in [9.17, 15) is 18.0 Å². The second-order valence-corrected chi connectivity index (χ2v) is 9.23. The molecule has 0 radical (unpaired) electrons. The topological polar surface area (TPSA) is 92.3 Å². The molecule has 7 heteroatoms. The van der Waals surface area contributed by atoms with E-state index in [2.05, 4.69) is 10.6 Å². The molecule has 0 aromatic heterocycles. The van der Waals surface area contributed by atoms with Crippen LogP contribution in [0.3, 0.4) is 0 Å². The van der Waals surface area contributed by atoms with Crippen molar-refractivity contribution in [1.82, 2.24) is 5.32 Å². The second-order valence-electron chi connectivity index (χ2n) is 7.22. The van der Waals surface area contributed by atoms with E-state index in [1.165, 1.54) is 12.1 Å². The van der Waals surface area contributed by atoms with Crippen LogP contribution in [-0.2, 0) is 25.8 Å². The number of para-hydroxylation sites is 1. The monoisotopic (exact) mass is 400 g/mol. The van der Waals surface area contributed by atoms with E-state index in [1.54, 1.807) is 12.1 Å². The van der Waals surface area contributed by atoms with Crippen molar-refractivity contribution in [3.05, 3.63) is 59.7 Å². The first-order valence-electron chi connectivity index (χ1n) is 9.22. The Morgan fingerprint density at radius 3 is 2.54 bits per heavy atom. The molecule has 0 saturated carbocycles. The highest BCUT2D eigenvalue weighted by Gasteiger charge is 2.26. The van der Waals surface area contributed by atoms with Gasteiger partial charge in [0, 0.05) is 24.3 Å². The van der Waals surface area contributed by atoms with E-state index >= 15 is 0 Å². The lowest BCUT2D eigenvalue weighted by molar-refractivity contribution is -0.123. The summed E-state index contributed by atoms with van der Waals surface area (Å²) in [4.78, 5) is 24.8. The first kappa shape index (κ1) is 20.1. The maximum atomic E-state index is 12.3. The zero-order chi connectivity index (χ0) is 20.3. The van der Waals surface area contributed by atoms with E-state index in [1.807, 2.05) is 31.2 Å². The minimum Gasteiger partial charge on any atom is -0.350 e. The normalized spacial score (nSPS) is 17.4. The Balaban J connectivity index is 1.53. The van der Waals surface area contributed by atoms with Gasteiger partial charge >= 0.3 is 0 Å². The number of hydrogen-bond acceptors (Lipinski definition) is 4. The standard InChI is InChI=1S/C21H24N2O4S/c1-14(15-7-10-18(11-8-15)28(2,26)27)22-20(24)12-9-17-13-16-5-3-4-6-19(16)23-21(17)25/h3-8,10-11,14,17H,9,12-13H2,1-2H3,(H,22,24)(H,23,25)/t14-,17-/m1/s1. The molecule has 148 valence electrons. The number of nitrogens with one attached hydrogen (secondary N) is 2. The van der Waals surface area contributed by atoms with Gasteiger partial charge in [0.2, 0.25) is 11.8 Å². The van der Waals surface area contributed by atoms with E-state index in [0.29, 0.717) is 12.8 Å². The number of rotatable bonds is 6. The van der Waals surface area contributed by atoms with Crippen LogP contribution in [0.2, 0.25) is 0 Å². The fraction of sp³-hybridized carbons (Fsp3) is 0.333. The lowest BCUT2D eigenvalue weighted by Crippen LogP contribution is -2.32. The third-order valence-electron chi connectivity index (χ3n) is 5.02. The molecular formula is C21H24N2O4S. The van der Waals surface area contributed by atoms with Crippen molar-refractivity contribution in [2.24, 2.45) is 5.92 Å². The van der Waals surface area contributed by atoms with Gasteiger partial charge in [0.05, 0.1) is 10.9 Å². The molecule has 1 aliphatic heterocycles. The summed E-state index contributed by atoms with van der Waals surface area (Å²) in [6.07, 6.45) is 2.53. The third-order valence-corrected chi connectivity index (χ3v) is 6.15. The minimum atomic E-state index is -3.24. The Kier molecular flexibility index (Phi) is 5.84. The van der Waals surface area contributed by atoms with Crippen molar-refractivity contribution in [3.8, 4) is 0 Å². The predicted octanol–water partition coefficient (Wildman–Crippen LogP) is 2.86. The Morgan fingerprint density at radius 2 is 1.86 bits per heavy atom. The molecule has 2 aromatic carbocycles. The molecule has 0 aliphatic carbocycles. The highest BCUT2D eigenvalue weighted by molar-refractivity contribution is 7.90. The van der Waals surface area contributed by atoms with Crippen LogP contribution in [0.1, 0.15) is 36.9 Å². The number of benzene rings is 2. The van der Waals surface area contributed by atoms with E-state index in [0.717, 1.165) is 23.1 Å². The van der Waals surface area contributed by atoms with Gasteiger partial charge in [-0.3, -0.25) is 9.59 Å². The van der Waals surface area contributed by atoms with Gasteiger partial charge in [-0.1, -0.05) is 30.3 Å². The number of amides is 2. The largest absolute Gasteiger partial charge is 0.350 e. The maximum absolute atomic E-state index is 12.3. The molecule has 0 saturated heterocycles. The van der Waals surface area contributed by atoms with Crippen molar-refractivity contribution in [1.29, 1.82) is 0 Å². The Labute approximate surface area is 165 Å². The summed E-state index contributed by atoms with van der Waals surface area (Å²) in [5.74, 6) is -0.396. The molecule has 2 aromatic rings. The summed E-state index contributed by atoms with van der Waals surface area (Å²) in [5.41, 5.74) is 2.76. The van der Waals surface area contributed by atoms with Gasteiger partial charge in [-0.05, 0) is 49.1 Å². The van der Waals surface area contributed by atoms with Crippen LogP contribution in [0, 0.1) is 5.92 Å². The lowest BCUT2D eigenvalue weighted by Gasteiger charge is -2.24. The summed E-state index contributed by atoms with van der Waals surface area (Å²) in [5, 5.41) is 5.81. The Morgan fingerprint density at radius 1 is 1.18 bits per heavy atom. The van der Waals surface area contributed by atoms with Gasteiger partial charge in [-0.2, -0.15) is 0 Å². The van der Waals surface area contributed by atoms with E-state index < -0.39 is 9.84 Å². The summed E-state index contributed by atoms with van der Waals surface area (Å²) >= 11 is 0. The summed E-state index contributed by atoms with van der Waals surface area (Å²) in [6.45, 7) is 1.84. The van der Waals surface area contributed by atoms with Gasteiger partial charge in [-0.15, -0.1) is 0 Å². The smallest absolute Gasteiger partial charge is 0.227 e. The van der Waals surface area contributed by atoms with Gasteiger partial charge in [0.1, 0.15) is 0 Å². The van der Waals surface area contributed by atoms with Crippen LogP contribution in [0.5, 0.6) is 0 Å². The second kappa shape index (κ2) is 8.14. The highest BCUT2D eigenvalue weighted by Crippen LogP contribution is 2.27. The average Bonchev–Trinajstić information content (AvgIpc) is 2.65. The zero-order valence-electron chi connectivity index (χ0n) is 15.9. The molecular weight excluding hydrogens is 376 g/mol. The van der Waals surface area contributed by atoms with Crippen LogP contribution in [0.15, 0.2) is 53.4 Å². The van der Waals surface area contributed by atoms with Crippen LogP contribution >= 0.6 is 0 Å². The number of carbonyl (C=O) groups is 2. The quantitative estimate of drug-likeness (QED) is 0.780. The molecule has 0 fully saturated rings. The van der Waals surface area contributed by atoms with Crippen molar-refractivity contribution < 1.29 is 18.0 Å². The van der Waals surface area contributed by atoms with Gasteiger partial charge in [-0.25, -0.2) is 8.42 Å². The molecule has 0 unspecified atom stereocenters. The molecule has 0 spiro atoms. The fourth-order valence-corrected chi connectivity index (χ4v) is 3.98. The number of sulfone groups is 1. The van der Waals surface area contributed by atoms with Gasteiger partial charge in [0.25, 0.3) is 0 Å². The molecule has 1 aliphatic rings. The predicted molar refractivity (Wildman–Crippen MR) is 108 cm³/mol. The highest BCUT2D eigenvalue weighted by atomic mass is 32.2. The minimum absolute atomic E-state index is 0.0455. The van der Waals surface area contributed by atoms with Crippen LogP contribution < -0.4 is 10.6 Å². The average molecular weight is 401 g/mol. The summed E-state index contributed by atoms with van der Waals surface area (Å²) in [6, 6.07) is 13.9. The van der Waals surface area contributed by atoms with Crippen molar-refractivity contribution in [2.75, 3.05) is 11.6 Å². The molecule has 2 atom stereocenters. The third kappa shape index (κ3) is 4.78. The Hall–Kier alpha value is -2.67. The van der Waals surface area contributed by atoms with Gasteiger partial charge < -0.3 is 10.6 Å². The SMILES string of the molecule is C[C@@H](NC(=O)CC[C@@H]1Cc2ccccc2NC1=O)c1ccc(S(C)(=O)=O)cc1. The van der Waals surface area contributed by atoms with Crippen LogP contribution in [-0.4, -0.2) is 26.5 Å². The molecule has 3 rings (SSSR count). The fourth-order valence-electron chi connectivity index (χ4n) is 3.35. The van der Waals surface area contributed by atoms with Crippen molar-refractivity contribution in [2.45, 2.75) is 37.1 Å². The lowest BCUT2D eigenvalue weighted by atomic mass is 9.89. The molecule has 2 amide bonds. The molecule has 1 heterocycles. The molecule has 0 bridgehead atoms. The van der Waals surface area contributed by atoms with Crippen LogP contribution in [0.4, 0.5) is 5.69 Å². The number of carbonyl (C=O) groups excluding carboxylic acids is 2. The molecule has 6 nitrogen and oxygen atoms in total. The maximum Gasteiger partial charge on any atom is 0.227 e. The van der Waals surface area contributed by atoms with Crippen molar-refractivity contribution in [3.63, 3.8) is 0 Å². The molecule has 2 N–H and O–H groups in total. The zero-order valence-corrected chi connectivity index (χ0v) is 16.8. The van der Waals surface area contributed by atoms with Gasteiger partial charge in [0.15, 0.2) is 9.84 Å². The summed E-state index contributed by atoms with van der Waals surface area (Å²) in [7, 11) is -3.24. The first-order valence-corrected chi connectivity index (χ1v) is 11.1. The molecule has 28 heavy (non-hydrogen) atoms. The Bertz CT molecular complexity index is 984. The van der Waals surface area contributed by atoms with Crippen molar-refractivity contribution >= 4 is 27.3 Å². The summed E-state index contributed by atoms with van der Waals surface area (Å²) < 4.78 is 23.1. The number of hydrogen-bond donors (Lipinski definition) is 2. The van der Waals surface area contributed by atoms with E-state index in [4.69, 9.17) is 0 Å². The number of anilines is 1. The van der Waals surface area contributed by atoms with E-state index in [-0.39, 0.29) is 35.1 Å². The number of fused-ring (bicyclic) bond motifs is 1.